The zero-order valence-electron chi connectivity index (χ0n) is 11.1. The molecule has 2 rings (SSSR count). The van der Waals surface area contributed by atoms with Gasteiger partial charge in [0.05, 0.1) is 32.4 Å². The summed E-state index contributed by atoms with van der Waals surface area (Å²) in [5.41, 5.74) is 0.707. The lowest BCUT2D eigenvalue weighted by Crippen LogP contribution is -2.37. The molecule has 19 heavy (non-hydrogen) atoms. The van der Waals surface area contributed by atoms with E-state index in [1.807, 2.05) is 31.2 Å². The average Bonchev–Trinajstić information content (AvgIpc) is 2.88. The van der Waals surface area contributed by atoms with E-state index in [0.717, 1.165) is 11.1 Å². The molecule has 3 N–H and O–H groups in total. The Bertz CT molecular complexity index is 533. The van der Waals surface area contributed by atoms with E-state index in [1.165, 1.54) is 0 Å². The number of nitrogens with one attached hydrogen (secondary N) is 1. The van der Waals surface area contributed by atoms with Gasteiger partial charge in [-0.15, -0.1) is 0 Å². The maximum Gasteiger partial charge on any atom is 0.176 e. The van der Waals surface area contributed by atoms with Crippen molar-refractivity contribution in [3.05, 3.63) is 30.0 Å². The molecule has 0 saturated carbocycles. The Morgan fingerprint density at radius 2 is 2.05 bits per heavy atom. The lowest BCUT2D eigenvalue weighted by Gasteiger charge is -2.17. The van der Waals surface area contributed by atoms with Gasteiger partial charge in [-0.3, -0.25) is 0 Å². The van der Waals surface area contributed by atoms with Gasteiger partial charge in [0.15, 0.2) is 11.3 Å². The van der Waals surface area contributed by atoms with Gasteiger partial charge in [-0.25, -0.2) is 0 Å². The average molecular weight is 265 g/mol. The summed E-state index contributed by atoms with van der Waals surface area (Å²) in [5, 5.41) is 22.2. The fourth-order valence-electron chi connectivity index (χ4n) is 2.03. The molecule has 5 heteroatoms. The number of rotatable bonds is 6. The Morgan fingerprint density at radius 1 is 1.32 bits per heavy atom. The molecule has 1 aromatic carbocycles. The van der Waals surface area contributed by atoms with Gasteiger partial charge < -0.3 is 24.7 Å². The number of aliphatic hydroxyl groups excluding tert-OH is 2. The van der Waals surface area contributed by atoms with Gasteiger partial charge in [0.1, 0.15) is 5.76 Å². The Labute approximate surface area is 111 Å². The van der Waals surface area contributed by atoms with Gasteiger partial charge in [-0.1, -0.05) is 12.1 Å². The molecule has 0 saturated heterocycles. The number of hydrogen-bond donors (Lipinski definition) is 3. The van der Waals surface area contributed by atoms with Crippen molar-refractivity contribution in [2.45, 2.75) is 19.0 Å². The molecule has 2 aromatic rings. The predicted molar refractivity (Wildman–Crippen MR) is 72.3 cm³/mol. The van der Waals surface area contributed by atoms with Gasteiger partial charge >= 0.3 is 0 Å². The molecule has 104 valence electrons. The van der Waals surface area contributed by atoms with E-state index < -0.39 is 0 Å². The van der Waals surface area contributed by atoms with Crippen molar-refractivity contribution in [3.63, 3.8) is 0 Å². The fraction of sp³-hybridized carbons (Fsp3) is 0.429. The largest absolute Gasteiger partial charge is 0.493 e. The van der Waals surface area contributed by atoms with Crippen molar-refractivity contribution in [2.24, 2.45) is 0 Å². The summed E-state index contributed by atoms with van der Waals surface area (Å²) in [7, 11) is 1.60. The molecule has 0 aliphatic heterocycles. The highest BCUT2D eigenvalue weighted by Gasteiger charge is 2.16. The van der Waals surface area contributed by atoms with Gasteiger partial charge in [-0.05, 0) is 19.1 Å². The molecule has 0 aliphatic carbocycles. The number of ether oxygens (including phenoxy) is 1. The van der Waals surface area contributed by atoms with E-state index in [4.69, 9.17) is 19.4 Å². The van der Waals surface area contributed by atoms with Crippen LogP contribution in [0.25, 0.3) is 11.0 Å². The molecule has 0 bridgehead atoms. The number of aliphatic hydroxyl groups is 2. The molecule has 0 spiro atoms. The molecule has 1 aromatic heterocycles. The van der Waals surface area contributed by atoms with Crippen LogP contribution in [0.4, 0.5) is 0 Å². The second-order valence-corrected chi connectivity index (χ2v) is 4.48. The van der Waals surface area contributed by atoms with Crippen molar-refractivity contribution in [1.29, 1.82) is 0 Å². The first-order valence-corrected chi connectivity index (χ1v) is 6.23. The summed E-state index contributed by atoms with van der Waals surface area (Å²) in [4.78, 5) is 0. The van der Waals surface area contributed by atoms with Gasteiger partial charge in [0.2, 0.25) is 0 Å². The first kappa shape index (κ1) is 13.9. The molecule has 0 aliphatic rings. The van der Waals surface area contributed by atoms with Crippen molar-refractivity contribution < 1.29 is 19.4 Å². The fourth-order valence-corrected chi connectivity index (χ4v) is 2.03. The number of benzene rings is 1. The second kappa shape index (κ2) is 6.06. The van der Waals surface area contributed by atoms with Gasteiger partial charge in [0.25, 0.3) is 0 Å². The lowest BCUT2D eigenvalue weighted by molar-refractivity contribution is 0.161. The van der Waals surface area contributed by atoms with Crippen LogP contribution in [0.3, 0.4) is 0 Å². The topological polar surface area (TPSA) is 74.9 Å². The molecule has 1 atom stereocenters. The summed E-state index contributed by atoms with van der Waals surface area (Å²) in [6, 6.07) is 7.17. The highest BCUT2D eigenvalue weighted by Crippen LogP contribution is 2.30. The molecular formula is C14H19NO4. The molecule has 1 heterocycles. The molecule has 0 radical (unpaired) electrons. The van der Waals surface area contributed by atoms with Crippen LogP contribution in [-0.4, -0.2) is 36.6 Å². The van der Waals surface area contributed by atoms with E-state index in [9.17, 15) is 0 Å². The van der Waals surface area contributed by atoms with Crippen LogP contribution in [0.2, 0.25) is 0 Å². The van der Waals surface area contributed by atoms with E-state index >= 15 is 0 Å². The van der Waals surface area contributed by atoms with E-state index in [0.29, 0.717) is 11.3 Å². The van der Waals surface area contributed by atoms with E-state index in [2.05, 4.69) is 5.32 Å². The van der Waals surface area contributed by atoms with Crippen molar-refractivity contribution in [3.8, 4) is 5.75 Å². The molecule has 0 fully saturated rings. The summed E-state index contributed by atoms with van der Waals surface area (Å²) in [6.07, 6.45) is 0. The number of furan rings is 1. The van der Waals surface area contributed by atoms with Crippen molar-refractivity contribution in [2.75, 3.05) is 20.3 Å². The zero-order chi connectivity index (χ0) is 13.8. The number of fused-ring (bicyclic) bond motifs is 1. The Hall–Kier alpha value is -1.56. The quantitative estimate of drug-likeness (QED) is 0.737. The Balaban J connectivity index is 2.25. The van der Waals surface area contributed by atoms with E-state index in [-0.39, 0.29) is 25.3 Å². The molecule has 1 unspecified atom stereocenters. The van der Waals surface area contributed by atoms with Crippen LogP contribution < -0.4 is 10.1 Å². The van der Waals surface area contributed by atoms with Crippen molar-refractivity contribution >= 4 is 11.0 Å². The number of hydrogen-bond acceptors (Lipinski definition) is 5. The number of methoxy groups -OCH3 is 1. The maximum atomic E-state index is 9.07. The SMILES string of the molecule is COc1cccc2cc(C(C)NC(CO)CO)oc12. The normalized spacial score (nSPS) is 13.1. The third-order valence-electron chi connectivity index (χ3n) is 3.10. The molecular weight excluding hydrogens is 246 g/mol. The lowest BCUT2D eigenvalue weighted by atomic mass is 10.2. The molecule has 5 nitrogen and oxygen atoms in total. The van der Waals surface area contributed by atoms with E-state index in [1.54, 1.807) is 7.11 Å². The summed E-state index contributed by atoms with van der Waals surface area (Å²) < 4.78 is 11.0. The maximum absolute atomic E-state index is 9.07. The summed E-state index contributed by atoms with van der Waals surface area (Å²) in [6.45, 7) is 1.68. The number of para-hydroxylation sites is 1. The predicted octanol–water partition coefficient (Wildman–Crippen LogP) is 1.45. The third-order valence-corrected chi connectivity index (χ3v) is 3.10. The second-order valence-electron chi connectivity index (χ2n) is 4.48. The minimum atomic E-state index is -0.356. The van der Waals surface area contributed by atoms with Crippen LogP contribution in [0.15, 0.2) is 28.7 Å². The van der Waals surface area contributed by atoms with Crippen LogP contribution in [-0.2, 0) is 0 Å². The van der Waals surface area contributed by atoms with Crippen LogP contribution in [0.1, 0.15) is 18.7 Å². The summed E-state index contributed by atoms with van der Waals surface area (Å²) in [5.74, 6) is 1.43. The van der Waals surface area contributed by atoms with Crippen LogP contribution in [0, 0.1) is 0 Å². The monoisotopic (exact) mass is 265 g/mol. The minimum Gasteiger partial charge on any atom is -0.493 e. The Kier molecular flexibility index (Phi) is 4.42. The first-order valence-electron chi connectivity index (χ1n) is 6.23. The standard InChI is InChI=1S/C14H19NO4/c1-9(15-11(7-16)8-17)13-6-10-4-3-5-12(18-2)14(10)19-13/h3-6,9,11,15-17H,7-8H2,1-2H3. The van der Waals surface area contributed by atoms with Gasteiger partial charge in [-0.2, -0.15) is 0 Å². The smallest absolute Gasteiger partial charge is 0.176 e. The van der Waals surface area contributed by atoms with Crippen LogP contribution in [0.5, 0.6) is 5.75 Å². The van der Waals surface area contributed by atoms with Crippen LogP contribution >= 0.6 is 0 Å². The highest BCUT2D eigenvalue weighted by atomic mass is 16.5. The molecule has 0 amide bonds. The Morgan fingerprint density at radius 3 is 2.68 bits per heavy atom. The minimum absolute atomic E-state index is 0.110. The highest BCUT2D eigenvalue weighted by molar-refractivity contribution is 5.83. The van der Waals surface area contributed by atoms with Gasteiger partial charge in [0, 0.05) is 5.39 Å². The first-order chi connectivity index (χ1) is 9.19. The summed E-state index contributed by atoms with van der Waals surface area (Å²) >= 11 is 0. The third kappa shape index (κ3) is 2.89. The van der Waals surface area contributed by atoms with Crippen molar-refractivity contribution in [1.82, 2.24) is 5.32 Å². The zero-order valence-corrected chi connectivity index (χ0v) is 11.1.